The van der Waals surface area contributed by atoms with Crippen molar-refractivity contribution < 1.29 is 4.74 Å². The topological polar surface area (TPSA) is 69.4 Å². The first-order valence-electron chi connectivity index (χ1n) is 8.46. The summed E-state index contributed by atoms with van der Waals surface area (Å²) in [5.41, 5.74) is 2.48. The predicted octanol–water partition coefficient (Wildman–Crippen LogP) is 4.02. The SMILES string of the molecule is COc1cccc(CSc2nn3c(=O)cc(C=Cc4cccnc4)nc3s2)c1. The molecule has 0 aliphatic heterocycles. The van der Waals surface area contributed by atoms with Crippen LogP contribution in [-0.4, -0.2) is 26.7 Å². The van der Waals surface area contributed by atoms with E-state index in [1.54, 1.807) is 37.3 Å². The maximum Gasteiger partial charge on any atom is 0.275 e. The first-order valence-corrected chi connectivity index (χ1v) is 10.3. The molecule has 1 aromatic carbocycles. The van der Waals surface area contributed by atoms with Gasteiger partial charge in [0.05, 0.1) is 12.8 Å². The highest BCUT2D eigenvalue weighted by Crippen LogP contribution is 2.27. The molecule has 28 heavy (non-hydrogen) atoms. The highest BCUT2D eigenvalue weighted by atomic mass is 32.2. The molecule has 4 aromatic rings. The largest absolute Gasteiger partial charge is 0.497 e. The predicted molar refractivity (Wildman–Crippen MR) is 113 cm³/mol. The number of ether oxygens (including phenoxy) is 1. The number of benzene rings is 1. The van der Waals surface area contributed by atoms with Crippen LogP contribution in [0.4, 0.5) is 0 Å². The standard InChI is InChI=1S/C20H16N4O2S2/c1-26-17-6-2-4-15(10-17)13-27-20-23-24-18(25)11-16(22-19(24)28-20)8-7-14-5-3-9-21-12-14/h2-12H,13H2,1H3. The quantitative estimate of drug-likeness (QED) is 0.449. The molecule has 140 valence electrons. The van der Waals surface area contributed by atoms with Gasteiger partial charge in [-0.05, 0) is 35.4 Å². The van der Waals surface area contributed by atoms with Gasteiger partial charge in [-0.25, -0.2) is 4.98 Å². The van der Waals surface area contributed by atoms with E-state index >= 15 is 0 Å². The molecule has 0 aliphatic rings. The minimum atomic E-state index is -0.194. The summed E-state index contributed by atoms with van der Waals surface area (Å²) < 4.78 is 7.39. The molecule has 3 aromatic heterocycles. The molecular weight excluding hydrogens is 392 g/mol. The Morgan fingerprint density at radius 2 is 2.14 bits per heavy atom. The minimum absolute atomic E-state index is 0.194. The van der Waals surface area contributed by atoms with E-state index in [-0.39, 0.29) is 5.56 Å². The van der Waals surface area contributed by atoms with E-state index in [2.05, 4.69) is 15.1 Å². The molecule has 0 radical (unpaired) electrons. The fraction of sp³-hybridized carbons (Fsp3) is 0.100. The van der Waals surface area contributed by atoms with Crippen LogP contribution in [0.25, 0.3) is 17.1 Å². The molecule has 8 heteroatoms. The van der Waals surface area contributed by atoms with Gasteiger partial charge in [-0.2, -0.15) is 4.52 Å². The smallest absolute Gasteiger partial charge is 0.275 e. The molecule has 3 heterocycles. The first-order chi connectivity index (χ1) is 13.7. The molecule has 0 fully saturated rings. The van der Waals surface area contributed by atoms with Gasteiger partial charge in [0.2, 0.25) is 4.96 Å². The van der Waals surface area contributed by atoms with Crippen molar-refractivity contribution in [1.82, 2.24) is 19.6 Å². The van der Waals surface area contributed by atoms with Gasteiger partial charge in [0.15, 0.2) is 4.34 Å². The van der Waals surface area contributed by atoms with Crippen molar-refractivity contribution in [2.45, 2.75) is 10.1 Å². The van der Waals surface area contributed by atoms with Crippen molar-refractivity contribution in [3.05, 3.63) is 82.0 Å². The monoisotopic (exact) mass is 408 g/mol. The fourth-order valence-corrected chi connectivity index (χ4v) is 4.41. The summed E-state index contributed by atoms with van der Waals surface area (Å²) in [6, 6.07) is 13.2. The number of aromatic nitrogens is 4. The molecule has 0 aliphatic carbocycles. The van der Waals surface area contributed by atoms with Crippen LogP contribution >= 0.6 is 23.1 Å². The summed E-state index contributed by atoms with van der Waals surface area (Å²) >= 11 is 2.97. The average molecular weight is 409 g/mol. The maximum atomic E-state index is 12.4. The number of pyridine rings is 1. The molecule has 6 nitrogen and oxygen atoms in total. The van der Waals surface area contributed by atoms with Gasteiger partial charge >= 0.3 is 0 Å². The Balaban J connectivity index is 1.54. The van der Waals surface area contributed by atoms with Crippen LogP contribution in [-0.2, 0) is 5.75 Å². The van der Waals surface area contributed by atoms with Gasteiger partial charge < -0.3 is 4.74 Å². The van der Waals surface area contributed by atoms with Crippen molar-refractivity contribution in [1.29, 1.82) is 0 Å². The lowest BCUT2D eigenvalue weighted by Gasteiger charge is -2.02. The number of rotatable bonds is 6. The van der Waals surface area contributed by atoms with Crippen molar-refractivity contribution in [2.24, 2.45) is 0 Å². The van der Waals surface area contributed by atoms with Crippen LogP contribution in [0.1, 0.15) is 16.8 Å². The number of methoxy groups -OCH3 is 1. The number of thioether (sulfide) groups is 1. The van der Waals surface area contributed by atoms with Gasteiger partial charge in [0, 0.05) is 24.2 Å². The van der Waals surface area contributed by atoms with Crippen LogP contribution < -0.4 is 10.3 Å². The molecule has 0 saturated heterocycles. The van der Waals surface area contributed by atoms with Gasteiger partial charge in [-0.15, -0.1) is 5.10 Å². The number of hydrogen-bond acceptors (Lipinski definition) is 7. The number of fused-ring (bicyclic) bond motifs is 1. The third-order valence-corrected chi connectivity index (χ3v) is 5.99. The van der Waals surface area contributed by atoms with E-state index in [0.29, 0.717) is 10.7 Å². The second-order valence-electron chi connectivity index (χ2n) is 5.84. The van der Waals surface area contributed by atoms with Crippen LogP contribution in [0.15, 0.2) is 64.0 Å². The average Bonchev–Trinajstić information content (AvgIpc) is 3.15. The molecule has 0 saturated carbocycles. The zero-order chi connectivity index (χ0) is 19.3. The summed E-state index contributed by atoms with van der Waals surface area (Å²) in [5.74, 6) is 1.56. The Bertz CT molecular complexity index is 1190. The molecular formula is C20H16N4O2S2. The second-order valence-corrected chi connectivity index (χ2v) is 8.02. The van der Waals surface area contributed by atoms with Crippen molar-refractivity contribution in [2.75, 3.05) is 7.11 Å². The molecule has 0 bridgehead atoms. The Morgan fingerprint density at radius 1 is 1.21 bits per heavy atom. The lowest BCUT2D eigenvalue weighted by Crippen LogP contribution is -2.14. The van der Waals surface area contributed by atoms with Crippen LogP contribution in [0.2, 0.25) is 0 Å². The normalized spacial score (nSPS) is 11.3. The van der Waals surface area contributed by atoms with Crippen molar-refractivity contribution >= 4 is 40.2 Å². The van der Waals surface area contributed by atoms with Crippen LogP contribution in [0.5, 0.6) is 5.75 Å². The van der Waals surface area contributed by atoms with Gasteiger partial charge in [0.1, 0.15) is 5.75 Å². The van der Waals surface area contributed by atoms with E-state index < -0.39 is 0 Å². The lowest BCUT2D eigenvalue weighted by atomic mass is 10.2. The summed E-state index contributed by atoms with van der Waals surface area (Å²) in [4.78, 5) is 21.6. The summed E-state index contributed by atoms with van der Waals surface area (Å²) in [7, 11) is 1.65. The van der Waals surface area contributed by atoms with E-state index in [0.717, 1.165) is 27.0 Å². The highest BCUT2D eigenvalue weighted by Gasteiger charge is 2.09. The highest BCUT2D eigenvalue weighted by molar-refractivity contribution is 8.00. The van der Waals surface area contributed by atoms with Crippen LogP contribution in [0, 0.1) is 0 Å². The Morgan fingerprint density at radius 3 is 2.96 bits per heavy atom. The Hall–Kier alpha value is -2.97. The maximum absolute atomic E-state index is 12.4. The molecule has 0 N–H and O–H groups in total. The van der Waals surface area contributed by atoms with E-state index in [9.17, 15) is 4.79 Å². The van der Waals surface area contributed by atoms with Crippen molar-refractivity contribution in [3.8, 4) is 5.75 Å². The molecule has 0 unspecified atom stereocenters. The minimum Gasteiger partial charge on any atom is -0.497 e. The zero-order valence-corrected chi connectivity index (χ0v) is 16.6. The molecule has 0 atom stereocenters. The van der Waals surface area contributed by atoms with E-state index in [1.165, 1.54) is 21.9 Å². The summed E-state index contributed by atoms with van der Waals surface area (Å²) in [6.45, 7) is 0. The van der Waals surface area contributed by atoms with Gasteiger partial charge in [-0.1, -0.05) is 47.4 Å². The summed E-state index contributed by atoms with van der Waals surface area (Å²) in [6.07, 6.45) is 7.16. The summed E-state index contributed by atoms with van der Waals surface area (Å²) in [5, 5.41) is 4.39. The molecule has 4 rings (SSSR count). The Kier molecular flexibility index (Phi) is 5.50. The molecule has 0 amide bonds. The van der Waals surface area contributed by atoms with Gasteiger partial charge in [-0.3, -0.25) is 9.78 Å². The third-order valence-electron chi connectivity index (χ3n) is 3.87. The third kappa shape index (κ3) is 4.29. The van der Waals surface area contributed by atoms with Gasteiger partial charge in [0.25, 0.3) is 5.56 Å². The second kappa shape index (κ2) is 8.37. The number of hydrogen-bond donors (Lipinski definition) is 0. The number of nitrogens with zero attached hydrogens (tertiary/aromatic N) is 4. The first kappa shape index (κ1) is 18.4. The van der Waals surface area contributed by atoms with Crippen molar-refractivity contribution in [3.63, 3.8) is 0 Å². The zero-order valence-electron chi connectivity index (χ0n) is 15.0. The van der Waals surface area contributed by atoms with Crippen LogP contribution in [0.3, 0.4) is 0 Å². The van der Waals surface area contributed by atoms with E-state index in [4.69, 9.17) is 4.74 Å². The molecule has 0 spiro atoms. The lowest BCUT2D eigenvalue weighted by molar-refractivity contribution is 0.414. The van der Waals surface area contributed by atoms with E-state index in [1.807, 2.05) is 42.5 Å². The Labute approximate surface area is 169 Å². The fourth-order valence-electron chi connectivity index (χ4n) is 2.52.